The molecule has 2 aromatic carbocycles. The zero-order valence-corrected chi connectivity index (χ0v) is 10.6. The smallest absolute Gasteiger partial charge is 0.231 e. The Bertz CT molecular complexity index is 867. The lowest BCUT2D eigenvalue weighted by Crippen LogP contribution is -2.00. The average molecular weight is 265 g/mol. The molecule has 1 aliphatic heterocycles. The third-order valence-electron chi connectivity index (χ3n) is 3.47. The molecule has 3 aromatic rings. The second-order valence-electron chi connectivity index (χ2n) is 4.64. The molecule has 0 saturated heterocycles. The quantitative estimate of drug-likeness (QED) is 0.736. The van der Waals surface area contributed by atoms with Crippen LogP contribution in [0.3, 0.4) is 0 Å². The number of hydrogen-bond acceptors (Lipinski definition) is 3. The zero-order chi connectivity index (χ0) is 13.5. The molecule has 0 saturated carbocycles. The van der Waals surface area contributed by atoms with Crippen LogP contribution in [-0.4, -0.2) is 11.8 Å². The predicted molar refractivity (Wildman–Crippen MR) is 76.1 cm³/mol. The van der Waals surface area contributed by atoms with E-state index in [1.54, 1.807) is 6.20 Å². The van der Waals surface area contributed by atoms with E-state index in [4.69, 9.17) is 9.47 Å². The third-order valence-corrected chi connectivity index (χ3v) is 3.47. The maximum absolute atomic E-state index is 11.9. The minimum atomic E-state index is 0.00495. The molecule has 20 heavy (non-hydrogen) atoms. The van der Waals surface area contributed by atoms with Crippen LogP contribution in [0.5, 0.6) is 11.5 Å². The molecule has 2 heterocycles. The second kappa shape index (κ2) is 4.13. The fourth-order valence-electron chi connectivity index (χ4n) is 2.50. The minimum Gasteiger partial charge on any atom is -0.454 e. The van der Waals surface area contributed by atoms with Gasteiger partial charge in [-0.15, -0.1) is 0 Å². The van der Waals surface area contributed by atoms with Gasteiger partial charge in [-0.2, -0.15) is 0 Å². The number of ether oxygens (including phenoxy) is 2. The summed E-state index contributed by atoms with van der Waals surface area (Å²) in [6.45, 7) is 0.237. The molecule has 1 aromatic heterocycles. The van der Waals surface area contributed by atoms with Crippen molar-refractivity contribution in [2.75, 3.05) is 6.79 Å². The maximum atomic E-state index is 11.9. The lowest BCUT2D eigenvalue weighted by Gasteiger charge is -2.07. The van der Waals surface area contributed by atoms with Crippen molar-refractivity contribution >= 4 is 10.9 Å². The van der Waals surface area contributed by atoms with Gasteiger partial charge in [0.05, 0.1) is 0 Å². The first kappa shape index (κ1) is 11.1. The number of H-pyrrole nitrogens is 1. The number of fused-ring (bicyclic) bond motifs is 2. The highest BCUT2D eigenvalue weighted by atomic mass is 16.7. The number of aromatic nitrogens is 1. The Hall–Kier alpha value is -2.75. The summed E-state index contributed by atoms with van der Waals surface area (Å²) in [5, 5.41) is 0.668. The van der Waals surface area contributed by atoms with Gasteiger partial charge in [0, 0.05) is 28.7 Å². The van der Waals surface area contributed by atoms with Gasteiger partial charge in [0.15, 0.2) is 16.9 Å². The van der Waals surface area contributed by atoms with E-state index in [-0.39, 0.29) is 12.2 Å². The Balaban J connectivity index is 1.98. The molecule has 0 bridgehead atoms. The Kier molecular flexibility index (Phi) is 2.29. The summed E-state index contributed by atoms with van der Waals surface area (Å²) >= 11 is 0. The summed E-state index contributed by atoms with van der Waals surface area (Å²) in [7, 11) is 0. The van der Waals surface area contributed by atoms with E-state index in [1.165, 1.54) is 6.07 Å². The van der Waals surface area contributed by atoms with Crippen LogP contribution < -0.4 is 14.9 Å². The van der Waals surface area contributed by atoms with Gasteiger partial charge in [-0.1, -0.05) is 18.2 Å². The molecular weight excluding hydrogens is 254 g/mol. The van der Waals surface area contributed by atoms with E-state index in [1.807, 2.05) is 36.4 Å². The van der Waals surface area contributed by atoms with E-state index in [9.17, 15) is 4.79 Å². The van der Waals surface area contributed by atoms with Crippen molar-refractivity contribution in [2.45, 2.75) is 0 Å². The molecule has 0 atom stereocenters. The molecule has 0 unspecified atom stereocenters. The van der Waals surface area contributed by atoms with Gasteiger partial charge >= 0.3 is 0 Å². The van der Waals surface area contributed by atoms with Gasteiger partial charge in [-0.05, 0) is 23.8 Å². The molecule has 1 N–H and O–H groups in total. The molecule has 0 fully saturated rings. The molecule has 98 valence electrons. The van der Waals surface area contributed by atoms with Crippen molar-refractivity contribution in [3.63, 3.8) is 0 Å². The zero-order valence-electron chi connectivity index (χ0n) is 10.6. The first-order valence-corrected chi connectivity index (χ1v) is 6.33. The first-order valence-electron chi connectivity index (χ1n) is 6.33. The van der Waals surface area contributed by atoms with Crippen LogP contribution in [0.2, 0.25) is 0 Å². The summed E-state index contributed by atoms with van der Waals surface area (Å²) in [6.07, 6.45) is 1.65. The highest BCUT2D eigenvalue weighted by Gasteiger charge is 2.18. The number of rotatable bonds is 1. The molecule has 0 amide bonds. The van der Waals surface area contributed by atoms with Gasteiger partial charge < -0.3 is 14.5 Å². The van der Waals surface area contributed by atoms with Gasteiger partial charge in [-0.3, -0.25) is 4.79 Å². The summed E-state index contributed by atoms with van der Waals surface area (Å²) in [5.41, 5.74) is 2.71. The van der Waals surface area contributed by atoms with Crippen LogP contribution in [0.25, 0.3) is 22.0 Å². The Morgan fingerprint density at radius 2 is 2.00 bits per heavy atom. The molecule has 0 radical (unpaired) electrons. The summed E-state index contributed by atoms with van der Waals surface area (Å²) in [4.78, 5) is 15.0. The highest BCUT2D eigenvalue weighted by Crippen LogP contribution is 2.41. The van der Waals surface area contributed by atoms with Crippen LogP contribution in [-0.2, 0) is 0 Å². The number of para-hydroxylation sites is 1. The van der Waals surface area contributed by atoms with E-state index < -0.39 is 0 Å². The molecular formula is C16H11NO3. The number of pyridine rings is 1. The van der Waals surface area contributed by atoms with Gasteiger partial charge in [0.1, 0.15) is 0 Å². The van der Waals surface area contributed by atoms with Gasteiger partial charge in [-0.25, -0.2) is 0 Å². The van der Waals surface area contributed by atoms with Crippen molar-refractivity contribution in [2.24, 2.45) is 0 Å². The number of hydrogen-bond donors (Lipinski definition) is 1. The first-order chi connectivity index (χ1) is 9.83. The highest BCUT2D eigenvalue weighted by molar-refractivity contribution is 5.86. The maximum Gasteiger partial charge on any atom is 0.231 e. The molecule has 0 aliphatic carbocycles. The Labute approximate surface area is 114 Å². The Morgan fingerprint density at radius 3 is 2.95 bits per heavy atom. The van der Waals surface area contributed by atoms with E-state index in [0.29, 0.717) is 5.39 Å². The van der Waals surface area contributed by atoms with Gasteiger partial charge in [0.25, 0.3) is 0 Å². The van der Waals surface area contributed by atoms with Crippen molar-refractivity contribution in [1.29, 1.82) is 0 Å². The molecule has 4 nitrogen and oxygen atoms in total. The molecule has 0 spiro atoms. The fourth-order valence-corrected chi connectivity index (χ4v) is 2.50. The third kappa shape index (κ3) is 1.58. The van der Waals surface area contributed by atoms with Crippen molar-refractivity contribution in [3.8, 4) is 22.6 Å². The van der Waals surface area contributed by atoms with E-state index >= 15 is 0 Å². The predicted octanol–water partition coefficient (Wildman–Crippen LogP) is 2.92. The standard InChI is InChI=1S/C16H11NO3/c18-14-6-7-17-13-5-4-10(8-12(13)14)11-2-1-3-15-16(11)20-9-19-15/h1-8H,9H2,(H,17,18). The van der Waals surface area contributed by atoms with Crippen molar-refractivity contribution in [1.82, 2.24) is 4.98 Å². The van der Waals surface area contributed by atoms with Crippen LogP contribution in [0.15, 0.2) is 53.5 Å². The molecule has 4 rings (SSSR count). The van der Waals surface area contributed by atoms with Crippen molar-refractivity contribution < 1.29 is 9.47 Å². The molecule has 1 aliphatic rings. The monoisotopic (exact) mass is 265 g/mol. The fraction of sp³-hybridized carbons (Fsp3) is 0.0625. The summed E-state index contributed by atoms with van der Waals surface area (Å²) < 4.78 is 10.9. The van der Waals surface area contributed by atoms with Gasteiger partial charge in [0.2, 0.25) is 6.79 Å². The largest absolute Gasteiger partial charge is 0.454 e. The lowest BCUT2D eigenvalue weighted by atomic mass is 10.0. The number of benzene rings is 2. The van der Waals surface area contributed by atoms with E-state index in [0.717, 1.165) is 28.1 Å². The lowest BCUT2D eigenvalue weighted by molar-refractivity contribution is 0.174. The Morgan fingerprint density at radius 1 is 1.05 bits per heavy atom. The SMILES string of the molecule is O=c1cc[nH]c2ccc(-c3cccc4c3OCO4)cc12. The van der Waals surface area contributed by atoms with Crippen LogP contribution >= 0.6 is 0 Å². The summed E-state index contributed by atoms with van der Waals surface area (Å²) in [5.74, 6) is 1.48. The van der Waals surface area contributed by atoms with Crippen LogP contribution in [0, 0.1) is 0 Å². The number of nitrogens with one attached hydrogen (secondary N) is 1. The number of aromatic amines is 1. The second-order valence-corrected chi connectivity index (χ2v) is 4.64. The van der Waals surface area contributed by atoms with Crippen molar-refractivity contribution in [3.05, 3.63) is 58.9 Å². The minimum absolute atomic E-state index is 0.00495. The summed E-state index contributed by atoms with van der Waals surface area (Å²) in [6, 6.07) is 13.0. The molecule has 4 heteroatoms. The van der Waals surface area contributed by atoms with Crippen LogP contribution in [0.1, 0.15) is 0 Å². The van der Waals surface area contributed by atoms with E-state index in [2.05, 4.69) is 4.98 Å². The van der Waals surface area contributed by atoms with Crippen LogP contribution in [0.4, 0.5) is 0 Å². The normalized spacial score (nSPS) is 12.8. The average Bonchev–Trinajstić information content (AvgIpc) is 2.96. The topological polar surface area (TPSA) is 51.3 Å².